The Bertz CT molecular complexity index is 271. The predicted octanol–water partition coefficient (Wildman–Crippen LogP) is 2.67. The predicted molar refractivity (Wildman–Crippen MR) is 50.0 cm³/mol. The number of alkyl halides is 1. The van der Waals surface area contributed by atoms with Crippen molar-refractivity contribution in [2.45, 2.75) is 4.90 Å². The summed E-state index contributed by atoms with van der Waals surface area (Å²) in [5, 5.41) is 9.05. The molecule has 4 heteroatoms. The van der Waals surface area contributed by atoms with Crippen LogP contribution in [0.5, 0.6) is 0 Å². The number of carboxylic acid groups (broad SMARTS) is 1. The molecule has 0 saturated heterocycles. The van der Waals surface area contributed by atoms with Crippen LogP contribution in [-0.4, -0.2) is 16.3 Å². The molecule has 0 fully saturated rings. The molecule has 0 spiro atoms. The van der Waals surface area contributed by atoms with Gasteiger partial charge < -0.3 is 5.11 Å². The third-order valence-electron chi connectivity index (χ3n) is 1.32. The van der Waals surface area contributed by atoms with E-state index in [0.29, 0.717) is 10.8 Å². The highest BCUT2D eigenvalue weighted by molar-refractivity contribution is 8.00. The molecule has 1 N–H and O–H groups in total. The molecule has 0 heterocycles. The second kappa shape index (κ2) is 4.38. The van der Waals surface area contributed by atoms with Gasteiger partial charge in [0, 0.05) is 4.90 Å². The van der Waals surface area contributed by atoms with Gasteiger partial charge in [-0.05, 0) is 24.3 Å². The van der Waals surface area contributed by atoms with Crippen molar-refractivity contribution in [1.82, 2.24) is 0 Å². The minimum absolute atomic E-state index is 0.300. The fourth-order valence-corrected chi connectivity index (χ4v) is 1.59. The Morgan fingerprint density at radius 1 is 1.42 bits per heavy atom. The van der Waals surface area contributed by atoms with Crippen LogP contribution >= 0.6 is 23.4 Å². The van der Waals surface area contributed by atoms with Crippen molar-refractivity contribution in [3.63, 3.8) is 0 Å². The van der Waals surface area contributed by atoms with Crippen LogP contribution in [0.25, 0.3) is 0 Å². The molecule has 12 heavy (non-hydrogen) atoms. The zero-order chi connectivity index (χ0) is 8.97. The minimum atomic E-state index is -0.905. The first-order valence-electron chi connectivity index (χ1n) is 3.26. The lowest BCUT2D eigenvalue weighted by molar-refractivity contribution is 0.0697. The van der Waals surface area contributed by atoms with E-state index < -0.39 is 5.97 Å². The summed E-state index contributed by atoms with van der Waals surface area (Å²) in [5.41, 5.74) is 0.300. The molecule has 1 rings (SSSR count). The first-order valence-corrected chi connectivity index (χ1v) is 4.78. The number of halogens is 1. The third kappa shape index (κ3) is 2.43. The average molecular weight is 203 g/mol. The van der Waals surface area contributed by atoms with E-state index in [-0.39, 0.29) is 0 Å². The number of carbonyl (C=O) groups is 1. The summed E-state index contributed by atoms with van der Waals surface area (Å²) in [5.74, 6) is -0.905. The van der Waals surface area contributed by atoms with Crippen LogP contribution in [0, 0.1) is 0 Å². The molecule has 0 aliphatic carbocycles. The van der Waals surface area contributed by atoms with Crippen LogP contribution in [0.3, 0.4) is 0 Å². The fraction of sp³-hybridized carbons (Fsp3) is 0.125. The van der Waals surface area contributed by atoms with Crippen molar-refractivity contribution in [2.75, 3.05) is 5.21 Å². The lowest BCUT2D eigenvalue weighted by Gasteiger charge is -1.97. The zero-order valence-electron chi connectivity index (χ0n) is 6.16. The van der Waals surface area contributed by atoms with Crippen molar-refractivity contribution in [3.05, 3.63) is 29.8 Å². The molecule has 0 unspecified atom stereocenters. The van der Waals surface area contributed by atoms with Gasteiger partial charge in [0.15, 0.2) is 0 Å². The molecule has 1 aromatic rings. The van der Waals surface area contributed by atoms with E-state index in [0.717, 1.165) is 4.90 Å². The van der Waals surface area contributed by atoms with Crippen molar-refractivity contribution >= 4 is 29.3 Å². The molecular weight excluding hydrogens is 196 g/mol. The van der Waals surface area contributed by atoms with Crippen molar-refractivity contribution in [3.8, 4) is 0 Å². The maximum absolute atomic E-state index is 10.4. The maximum atomic E-state index is 10.4. The van der Waals surface area contributed by atoms with Gasteiger partial charge in [-0.25, -0.2) is 4.79 Å². The molecule has 0 amide bonds. The van der Waals surface area contributed by atoms with Gasteiger partial charge in [0.1, 0.15) is 0 Å². The summed E-state index contributed by atoms with van der Waals surface area (Å²) in [4.78, 5) is 11.4. The molecule has 0 radical (unpaired) electrons. The Balaban J connectivity index is 2.78. The molecule has 0 saturated carbocycles. The van der Waals surface area contributed by atoms with E-state index in [9.17, 15) is 4.79 Å². The van der Waals surface area contributed by atoms with Gasteiger partial charge >= 0.3 is 5.97 Å². The summed E-state index contributed by atoms with van der Waals surface area (Å²) in [6.07, 6.45) is 0. The Kier molecular flexibility index (Phi) is 3.44. The van der Waals surface area contributed by atoms with E-state index in [1.807, 2.05) is 0 Å². The lowest BCUT2D eigenvalue weighted by atomic mass is 10.2. The molecule has 0 bridgehead atoms. The van der Waals surface area contributed by atoms with E-state index in [4.69, 9.17) is 16.7 Å². The van der Waals surface area contributed by atoms with Crippen LogP contribution in [0.2, 0.25) is 0 Å². The molecule has 0 aromatic heterocycles. The monoisotopic (exact) mass is 202 g/mol. The van der Waals surface area contributed by atoms with Gasteiger partial charge in [-0.2, -0.15) is 0 Å². The molecule has 0 aliphatic rings. The molecule has 0 aliphatic heterocycles. The minimum Gasteiger partial charge on any atom is -0.478 e. The highest BCUT2D eigenvalue weighted by Crippen LogP contribution is 2.18. The zero-order valence-corrected chi connectivity index (χ0v) is 7.73. The van der Waals surface area contributed by atoms with Gasteiger partial charge in [-0.1, -0.05) is 0 Å². The Morgan fingerprint density at radius 3 is 2.42 bits per heavy atom. The van der Waals surface area contributed by atoms with Gasteiger partial charge in [0.05, 0.1) is 10.8 Å². The number of benzene rings is 1. The first-order chi connectivity index (χ1) is 5.74. The third-order valence-corrected chi connectivity index (χ3v) is 2.36. The highest BCUT2D eigenvalue weighted by Gasteiger charge is 2.00. The quantitative estimate of drug-likeness (QED) is 0.605. The number of thioether (sulfide) groups is 1. The van der Waals surface area contributed by atoms with Crippen LogP contribution in [0.1, 0.15) is 10.4 Å². The standard InChI is InChI=1S/C8H7ClO2S/c9-5-12-7-3-1-6(2-4-7)8(10)11/h1-4H,5H2,(H,10,11). The van der Waals surface area contributed by atoms with E-state index in [1.165, 1.54) is 11.8 Å². The van der Waals surface area contributed by atoms with E-state index in [1.54, 1.807) is 24.3 Å². The number of carboxylic acids is 1. The Labute approximate surface area is 79.5 Å². The maximum Gasteiger partial charge on any atom is 0.335 e. The largest absolute Gasteiger partial charge is 0.478 e. The number of hydrogen-bond donors (Lipinski definition) is 1. The highest BCUT2D eigenvalue weighted by atomic mass is 35.5. The summed E-state index contributed by atoms with van der Waals surface area (Å²) >= 11 is 6.95. The van der Waals surface area contributed by atoms with Crippen LogP contribution in [-0.2, 0) is 0 Å². The summed E-state index contributed by atoms with van der Waals surface area (Å²) in [6, 6.07) is 6.63. The molecule has 2 nitrogen and oxygen atoms in total. The summed E-state index contributed by atoms with van der Waals surface area (Å²) in [7, 11) is 0. The SMILES string of the molecule is O=C(O)c1ccc(SCCl)cc1. The van der Waals surface area contributed by atoms with E-state index >= 15 is 0 Å². The van der Waals surface area contributed by atoms with Crippen molar-refractivity contribution < 1.29 is 9.90 Å². The summed E-state index contributed by atoms with van der Waals surface area (Å²) in [6.45, 7) is 0. The summed E-state index contributed by atoms with van der Waals surface area (Å²) < 4.78 is 0. The number of hydrogen-bond acceptors (Lipinski definition) is 2. The lowest BCUT2D eigenvalue weighted by Crippen LogP contribution is -1.94. The molecule has 0 atom stereocenters. The van der Waals surface area contributed by atoms with Crippen molar-refractivity contribution in [1.29, 1.82) is 0 Å². The number of aromatic carboxylic acids is 1. The number of rotatable bonds is 3. The normalized spacial score (nSPS) is 9.75. The second-order valence-electron chi connectivity index (χ2n) is 2.08. The second-order valence-corrected chi connectivity index (χ2v) is 3.72. The van der Waals surface area contributed by atoms with E-state index in [2.05, 4.69) is 0 Å². The van der Waals surface area contributed by atoms with Crippen LogP contribution in [0.4, 0.5) is 0 Å². The van der Waals surface area contributed by atoms with Crippen LogP contribution < -0.4 is 0 Å². The first kappa shape index (κ1) is 9.42. The molecule has 64 valence electrons. The Morgan fingerprint density at radius 2 is 2.00 bits per heavy atom. The van der Waals surface area contributed by atoms with Crippen LogP contribution in [0.15, 0.2) is 29.2 Å². The average Bonchev–Trinajstić information content (AvgIpc) is 2.06. The Hall–Kier alpha value is -0.670. The van der Waals surface area contributed by atoms with Gasteiger partial charge in [-0.3, -0.25) is 0 Å². The van der Waals surface area contributed by atoms with Gasteiger partial charge in [0.2, 0.25) is 0 Å². The van der Waals surface area contributed by atoms with Crippen molar-refractivity contribution in [2.24, 2.45) is 0 Å². The molecule has 1 aromatic carbocycles. The fourth-order valence-electron chi connectivity index (χ4n) is 0.757. The molecular formula is C8H7ClO2S. The topological polar surface area (TPSA) is 37.3 Å². The smallest absolute Gasteiger partial charge is 0.335 e. The van der Waals surface area contributed by atoms with Gasteiger partial charge in [-0.15, -0.1) is 23.4 Å². The van der Waals surface area contributed by atoms with Gasteiger partial charge in [0.25, 0.3) is 0 Å².